The van der Waals surface area contributed by atoms with Crippen molar-refractivity contribution in [1.82, 2.24) is 10.2 Å². The number of ether oxygens (including phenoxy) is 1. The summed E-state index contributed by atoms with van der Waals surface area (Å²) in [5, 5.41) is 2.63. The predicted octanol–water partition coefficient (Wildman–Crippen LogP) is 1.91. The van der Waals surface area contributed by atoms with Crippen molar-refractivity contribution in [3.63, 3.8) is 0 Å². The predicted molar refractivity (Wildman–Crippen MR) is 71.7 cm³/mol. The van der Waals surface area contributed by atoms with Crippen LogP contribution in [0.2, 0.25) is 0 Å². The lowest BCUT2D eigenvalue weighted by molar-refractivity contribution is -0.132. The first kappa shape index (κ1) is 14.2. The van der Waals surface area contributed by atoms with E-state index in [-0.39, 0.29) is 5.91 Å². The number of carbonyl (C=O) groups is 2. The molecular weight excluding hydrogens is 244 g/mol. The maximum Gasteiger partial charge on any atom is 0.407 e. The molecule has 108 valence electrons. The maximum atomic E-state index is 12.0. The Morgan fingerprint density at radius 1 is 1.32 bits per heavy atom. The molecular formula is C14H24N2O3. The Morgan fingerprint density at radius 3 is 2.58 bits per heavy atom. The number of hydrogen-bond acceptors (Lipinski definition) is 3. The Bertz CT molecular complexity index is 362. The van der Waals surface area contributed by atoms with Crippen LogP contribution >= 0.6 is 0 Å². The third-order valence-electron chi connectivity index (χ3n) is 3.74. The van der Waals surface area contributed by atoms with Gasteiger partial charge in [-0.15, -0.1) is 0 Å². The van der Waals surface area contributed by atoms with Crippen molar-refractivity contribution in [3.05, 3.63) is 0 Å². The first-order chi connectivity index (χ1) is 8.85. The number of hydrogen-bond donors (Lipinski definition) is 1. The largest absolute Gasteiger partial charge is 0.444 e. The molecule has 2 amide bonds. The van der Waals surface area contributed by atoms with Gasteiger partial charge in [0.2, 0.25) is 5.91 Å². The van der Waals surface area contributed by atoms with Crippen LogP contribution in [-0.4, -0.2) is 41.6 Å². The number of nitrogens with one attached hydrogen (secondary N) is 1. The van der Waals surface area contributed by atoms with E-state index < -0.39 is 11.7 Å². The van der Waals surface area contributed by atoms with E-state index in [0.29, 0.717) is 24.9 Å². The van der Waals surface area contributed by atoms with Crippen LogP contribution in [0.3, 0.4) is 0 Å². The molecule has 0 aromatic carbocycles. The van der Waals surface area contributed by atoms with Crippen LogP contribution in [0.15, 0.2) is 0 Å². The number of fused-ring (bicyclic) bond motifs is 2. The van der Waals surface area contributed by atoms with Crippen molar-refractivity contribution in [2.45, 2.75) is 58.1 Å². The molecule has 0 aromatic rings. The van der Waals surface area contributed by atoms with Gasteiger partial charge in [0.1, 0.15) is 5.60 Å². The zero-order chi connectivity index (χ0) is 14.0. The molecule has 2 unspecified atom stereocenters. The maximum absolute atomic E-state index is 12.0. The summed E-state index contributed by atoms with van der Waals surface area (Å²) in [5.74, 6) is 0.871. The van der Waals surface area contributed by atoms with E-state index in [4.69, 9.17) is 4.74 Å². The average molecular weight is 268 g/mol. The number of piperidine rings is 1. The molecule has 0 aromatic heterocycles. The van der Waals surface area contributed by atoms with Crippen molar-refractivity contribution < 1.29 is 14.3 Å². The highest BCUT2D eigenvalue weighted by Gasteiger charge is 2.39. The normalized spacial score (nSPS) is 25.5. The molecule has 2 aliphatic rings. The number of likely N-dealkylation sites (tertiary alicyclic amines) is 1. The second kappa shape index (κ2) is 5.39. The molecule has 2 fully saturated rings. The summed E-state index contributed by atoms with van der Waals surface area (Å²) in [6.45, 7) is 6.72. The molecule has 0 spiro atoms. The highest BCUT2D eigenvalue weighted by atomic mass is 16.6. The number of carbonyl (C=O) groups excluding carboxylic acids is 2. The summed E-state index contributed by atoms with van der Waals surface area (Å²) in [7, 11) is 0. The highest BCUT2D eigenvalue weighted by Crippen LogP contribution is 2.37. The van der Waals surface area contributed by atoms with Gasteiger partial charge in [0.25, 0.3) is 0 Å². The van der Waals surface area contributed by atoms with Crippen molar-refractivity contribution in [2.75, 3.05) is 13.1 Å². The fourth-order valence-electron chi connectivity index (χ4n) is 2.96. The van der Waals surface area contributed by atoms with Gasteiger partial charge in [-0.25, -0.2) is 4.79 Å². The monoisotopic (exact) mass is 268 g/mol. The van der Waals surface area contributed by atoms with Crippen molar-refractivity contribution in [1.29, 1.82) is 0 Å². The van der Waals surface area contributed by atoms with E-state index in [9.17, 15) is 9.59 Å². The zero-order valence-electron chi connectivity index (χ0n) is 12.1. The standard InChI is InChI=1S/C14H24N2O3/c1-14(2,3)19-13(18)15-7-6-12(17)16-9-10-4-5-11(16)8-10/h10-11H,4-9H2,1-3H3,(H,15,18). The molecule has 2 rings (SSSR count). The van der Waals surface area contributed by atoms with Gasteiger partial charge in [-0.05, 0) is 46.0 Å². The third kappa shape index (κ3) is 3.85. The van der Waals surface area contributed by atoms with E-state index in [0.717, 1.165) is 13.0 Å². The quantitative estimate of drug-likeness (QED) is 0.850. The highest BCUT2D eigenvalue weighted by molar-refractivity contribution is 5.78. The summed E-state index contributed by atoms with van der Waals surface area (Å²) in [4.78, 5) is 25.5. The average Bonchev–Trinajstić information content (AvgIpc) is 2.87. The minimum Gasteiger partial charge on any atom is -0.444 e. The molecule has 19 heavy (non-hydrogen) atoms. The van der Waals surface area contributed by atoms with Gasteiger partial charge in [-0.2, -0.15) is 0 Å². The second-order valence-electron chi connectivity index (χ2n) is 6.56. The lowest BCUT2D eigenvalue weighted by Crippen LogP contribution is -2.40. The summed E-state index contributed by atoms with van der Waals surface area (Å²) < 4.78 is 5.12. The van der Waals surface area contributed by atoms with Crippen LogP contribution in [0.5, 0.6) is 0 Å². The lowest BCUT2D eigenvalue weighted by atomic mass is 10.1. The molecule has 1 saturated carbocycles. The van der Waals surface area contributed by atoms with Crippen LogP contribution in [0.25, 0.3) is 0 Å². The summed E-state index contributed by atoms with van der Waals surface area (Å²) in [6, 6.07) is 0.457. The molecule has 2 atom stereocenters. The molecule has 5 heteroatoms. The number of alkyl carbamates (subject to hydrolysis) is 1. The summed E-state index contributed by atoms with van der Waals surface area (Å²) >= 11 is 0. The van der Waals surface area contributed by atoms with E-state index in [1.165, 1.54) is 12.8 Å². The van der Waals surface area contributed by atoms with E-state index in [1.807, 2.05) is 25.7 Å². The fourth-order valence-corrected chi connectivity index (χ4v) is 2.96. The van der Waals surface area contributed by atoms with Gasteiger partial charge in [-0.1, -0.05) is 0 Å². The van der Waals surface area contributed by atoms with E-state index in [1.54, 1.807) is 0 Å². The Morgan fingerprint density at radius 2 is 2.05 bits per heavy atom. The van der Waals surface area contributed by atoms with Crippen LogP contribution < -0.4 is 5.32 Å². The molecule has 0 radical (unpaired) electrons. The van der Waals surface area contributed by atoms with Gasteiger partial charge < -0.3 is 15.0 Å². The molecule has 5 nitrogen and oxygen atoms in total. The van der Waals surface area contributed by atoms with Crippen molar-refractivity contribution >= 4 is 12.0 Å². The summed E-state index contributed by atoms with van der Waals surface area (Å²) in [5.41, 5.74) is -0.498. The minimum absolute atomic E-state index is 0.156. The van der Waals surface area contributed by atoms with Crippen molar-refractivity contribution in [3.8, 4) is 0 Å². The molecule has 2 bridgehead atoms. The number of nitrogens with zero attached hydrogens (tertiary/aromatic N) is 1. The van der Waals surface area contributed by atoms with E-state index in [2.05, 4.69) is 5.32 Å². The smallest absolute Gasteiger partial charge is 0.407 e. The van der Waals surface area contributed by atoms with E-state index >= 15 is 0 Å². The molecule has 1 saturated heterocycles. The van der Waals surface area contributed by atoms with Gasteiger partial charge in [-0.3, -0.25) is 4.79 Å². The third-order valence-corrected chi connectivity index (χ3v) is 3.74. The molecule has 1 aliphatic carbocycles. The van der Waals surface area contributed by atoms with Gasteiger partial charge in [0.15, 0.2) is 0 Å². The minimum atomic E-state index is -0.498. The Balaban J connectivity index is 1.66. The van der Waals surface area contributed by atoms with Crippen LogP contribution in [0.1, 0.15) is 46.5 Å². The first-order valence-corrected chi connectivity index (χ1v) is 7.11. The van der Waals surface area contributed by atoms with Crippen molar-refractivity contribution in [2.24, 2.45) is 5.92 Å². The zero-order valence-corrected chi connectivity index (χ0v) is 12.1. The summed E-state index contributed by atoms with van der Waals surface area (Å²) in [6.07, 6.45) is 3.50. The molecule has 1 heterocycles. The Kier molecular flexibility index (Phi) is 4.02. The lowest BCUT2D eigenvalue weighted by Gasteiger charge is -2.27. The molecule has 1 N–H and O–H groups in total. The molecule has 1 aliphatic heterocycles. The number of rotatable bonds is 3. The van der Waals surface area contributed by atoms with Gasteiger partial charge in [0.05, 0.1) is 0 Å². The fraction of sp³-hybridized carbons (Fsp3) is 0.857. The van der Waals surface area contributed by atoms with Crippen LogP contribution in [0, 0.1) is 5.92 Å². The first-order valence-electron chi connectivity index (χ1n) is 7.11. The number of amides is 2. The topological polar surface area (TPSA) is 58.6 Å². The SMILES string of the molecule is CC(C)(C)OC(=O)NCCC(=O)N1CC2CCC1C2. The second-order valence-corrected chi connectivity index (χ2v) is 6.56. The van der Waals surface area contributed by atoms with Crippen LogP contribution in [0.4, 0.5) is 4.79 Å². The Labute approximate surface area is 114 Å². The van der Waals surface area contributed by atoms with Gasteiger partial charge >= 0.3 is 6.09 Å². The Hall–Kier alpha value is -1.26. The van der Waals surface area contributed by atoms with Gasteiger partial charge in [0, 0.05) is 25.6 Å². The van der Waals surface area contributed by atoms with Crippen LogP contribution in [-0.2, 0) is 9.53 Å².